The van der Waals surface area contributed by atoms with Crippen molar-refractivity contribution in [1.82, 2.24) is 19.8 Å². The Morgan fingerprint density at radius 2 is 1.42 bits per heavy atom. The van der Waals surface area contributed by atoms with Crippen molar-refractivity contribution < 1.29 is 14.4 Å². The highest BCUT2D eigenvalue weighted by atomic mass is 16.6. The van der Waals surface area contributed by atoms with E-state index in [1.165, 1.54) is 6.20 Å². The molecule has 0 unspecified atom stereocenters. The number of methoxy groups -OCH3 is 2. The fraction of sp³-hybridized carbons (Fsp3) is 0.800. The van der Waals surface area contributed by atoms with Crippen molar-refractivity contribution in [1.29, 1.82) is 0 Å². The standard InChI is InChI=1S/C20H35N7O4/c1-30-15-3-5-23-7-11-25(12-8-23)19-18(27(28)29)17-21-20(22-19)26-13-9-24(10-14-26)6-4-16-31-2/h17H,3-16H2,1-2H3. The number of hydrogen-bond donors (Lipinski definition) is 0. The number of piperazine rings is 2. The largest absolute Gasteiger partial charge is 0.385 e. The number of ether oxygens (including phenoxy) is 2. The van der Waals surface area contributed by atoms with Gasteiger partial charge in [0.2, 0.25) is 11.8 Å². The van der Waals surface area contributed by atoms with Crippen LogP contribution < -0.4 is 9.80 Å². The third-order valence-corrected chi connectivity index (χ3v) is 5.91. The normalized spacial score (nSPS) is 18.5. The first-order valence-corrected chi connectivity index (χ1v) is 11.1. The molecular formula is C20H35N7O4. The number of nitro groups is 1. The Balaban J connectivity index is 1.61. The van der Waals surface area contributed by atoms with Crippen LogP contribution in [0.15, 0.2) is 6.20 Å². The summed E-state index contributed by atoms with van der Waals surface area (Å²) in [6.45, 7) is 10.2. The molecule has 3 heterocycles. The molecule has 11 nitrogen and oxygen atoms in total. The summed E-state index contributed by atoms with van der Waals surface area (Å²) in [7, 11) is 3.44. The summed E-state index contributed by atoms with van der Waals surface area (Å²) < 4.78 is 10.3. The predicted octanol–water partition coefficient (Wildman–Crippen LogP) is 0.702. The summed E-state index contributed by atoms with van der Waals surface area (Å²) >= 11 is 0. The van der Waals surface area contributed by atoms with Gasteiger partial charge >= 0.3 is 5.69 Å². The van der Waals surface area contributed by atoms with Crippen LogP contribution in [0.3, 0.4) is 0 Å². The van der Waals surface area contributed by atoms with E-state index in [0.717, 1.165) is 91.5 Å². The molecule has 31 heavy (non-hydrogen) atoms. The lowest BCUT2D eigenvalue weighted by Gasteiger charge is -2.36. The molecule has 2 aliphatic rings. The lowest BCUT2D eigenvalue weighted by molar-refractivity contribution is -0.384. The van der Waals surface area contributed by atoms with Gasteiger partial charge in [0.25, 0.3) is 0 Å². The molecule has 2 aliphatic heterocycles. The fourth-order valence-corrected chi connectivity index (χ4v) is 4.09. The monoisotopic (exact) mass is 437 g/mol. The van der Waals surface area contributed by atoms with Crippen LogP contribution >= 0.6 is 0 Å². The van der Waals surface area contributed by atoms with Gasteiger partial charge in [0.1, 0.15) is 6.20 Å². The van der Waals surface area contributed by atoms with Gasteiger partial charge in [0.05, 0.1) is 4.92 Å². The zero-order chi connectivity index (χ0) is 22.1. The van der Waals surface area contributed by atoms with Crippen LogP contribution in [0.4, 0.5) is 17.5 Å². The average molecular weight is 438 g/mol. The van der Waals surface area contributed by atoms with Crippen molar-refractivity contribution >= 4 is 17.5 Å². The highest BCUT2D eigenvalue weighted by Crippen LogP contribution is 2.28. The highest BCUT2D eigenvalue weighted by Gasteiger charge is 2.28. The van der Waals surface area contributed by atoms with Gasteiger partial charge in [-0.3, -0.25) is 19.9 Å². The fourth-order valence-electron chi connectivity index (χ4n) is 4.09. The zero-order valence-electron chi connectivity index (χ0n) is 18.7. The summed E-state index contributed by atoms with van der Waals surface area (Å²) in [5, 5.41) is 11.6. The van der Waals surface area contributed by atoms with E-state index in [1.807, 2.05) is 4.90 Å². The van der Waals surface area contributed by atoms with Crippen molar-refractivity contribution in [2.45, 2.75) is 12.8 Å². The minimum atomic E-state index is -0.377. The molecule has 3 rings (SSSR count). The second-order valence-corrected chi connectivity index (χ2v) is 7.99. The van der Waals surface area contributed by atoms with E-state index in [-0.39, 0.29) is 10.6 Å². The van der Waals surface area contributed by atoms with E-state index in [0.29, 0.717) is 11.8 Å². The molecule has 0 bridgehead atoms. The Labute approximate surface area is 184 Å². The van der Waals surface area contributed by atoms with E-state index in [4.69, 9.17) is 9.47 Å². The van der Waals surface area contributed by atoms with Gasteiger partial charge in [-0.25, -0.2) is 4.98 Å². The van der Waals surface area contributed by atoms with Crippen LogP contribution in [0, 0.1) is 10.1 Å². The van der Waals surface area contributed by atoms with E-state index >= 15 is 0 Å². The summed E-state index contributed by atoms with van der Waals surface area (Å²) in [4.78, 5) is 29.1. The van der Waals surface area contributed by atoms with Gasteiger partial charge in [-0.05, 0) is 12.8 Å². The van der Waals surface area contributed by atoms with Gasteiger partial charge in [-0.15, -0.1) is 0 Å². The number of nitrogens with zero attached hydrogens (tertiary/aromatic N) is 7. The van der Waals surface area contributed by atoms with Crippen LogP contribution in [0.25, 0.3) is 0 Å². The summed E-state index contributed by atoms with van der Waals surface area (Å²) in [5.41, 5.74) is -0.0187. The number of aromatic nitrogens is 2. The predicted molar refractivity (Wildman–Crippen MR) is 119 cm³/mol. The van der Waals surface area contributed by atoms with Crippen molar-refractivity contribution in [2.24, 2.45) is 0 Å². The zero-order valence-corrected chi connectivity index (χ0v) is 18.7. The van der Waals surface area contributed by atoms with Crippen molar-refractivity contribution in [3.05, 3.63) is 16.3 Å². The van der Waals surface area contributed by atoms with Gasteiger partial charge in [0, 0.05) is 92.9 Å². The van der Waals surface area contributed by atoms with E-state index in [2.05, 4.69) is 24.7 Å². The topological polar surface area (TPSA) is 100 Å². The average Bonchev–Trinajstić information content (AvgIpc) is 2.80. The van der Waals surface area contributed by atoms with E-state index < -0.39 is 0 Å². The minimum Gasteiger partial charge on any atom is -0.385 e. The first-order chi connectivity index (χ1) is 15.1. The second kappa shape index (κ2) is 12.1. The third-order valence-electron chi connectivity index (χ3n) is 5.91. The Kier molecular flexibility index (Phi) is 9.19. The van der Waals surface area contributed by atoms with Crippen molar-refractivity contribution in [3.8, 4) is 0 Å². The maximum absolute atomic E-state index is 11.6. The molecule has 0 atom stereocenters. The Morgan fingerprint density at radius 3 is 1.90 bits per heavy atom. The summed E-state index contributed by atoms with van der Waals surface area (Å²) in [6.07, 6.45) is 3.38. The Hall–Kier alpha value is -2.08. The van der Waals surface area contributed by atoms with Crippen LogP contribution in [0.5, 0.6) is 0 Å². The SMILES string of the molecule is COCCCN1CCN(c2ncc([N+](=O)[O-])c(N3CCN(CCCOC)CC3)n2)CC1. The lowest BCUT2D eigenvalue weighted by atomic mass is 10.2. The number of anilines is 2. The first kappa shape index (κ1) is 23.6. The maximum Gasteiger partial charge on any atom is 0.329 e. The van der Waals surface area contributed by atoms with Crippen LogP contribution in [-0.2, 0) is 9.47 Å². The Morgan fingerprint density at radius 1 is 0.903 bits per heavy atom. The second-order valence-electron chi connectivity index (χ2n) is 7.99. The van der Waals surface area contributed by atoms with Crippen LogP contribution in [0.1, 0.15) is 12.8 Å². The van der Waals surface area contributed by atoms with Crippen LogP contribution in [-0.4, -0.2) is 118 Å². The molecular weight excluding hydrogens is 402 g/mol. The molecule has 174 valence electrons. The van der Waals surface area contributed by atoms with Gasteiger partial charge < -0.3 is 19.3 Å². The van der Waals surface area contributed by atoms with Crippen molar-refractivity contribution in [2.75, 3.05) is 103 Å². The number of hydrogen-bond acceptors (Lipinski definition) is 10. The number of rotatable bonds is 11. The molecule has 0 amide bonds. The Bertz CT molecular complexity index is 692. The highest BCUT2D eigenvalue weighted by molar-refractivity contribution is 5.59. The molecule has 0 aliphatic carbocycles. The van der Waals surface area contributed by atoms with Crippen LogP contribution in [0.2, 0.25) is 0 Å². The van der Waals surface area contributed by atoms with E-state index in [9.17, 15) is 10.1 Å². The molecule has 11 heteroatoms. The smallest absolute Gasteiger partial charge is 0.329 e. The van der Waals surface area contributed by atoms with Crippen molar-refractivity contribution in [3.63, 3.8) is 0 Å². The molecule has 1 aromatic rings. The van der Waals surface area contributed by atoms with E-state index in [1.54, 1.807) is 14.2 Å². The molecule has 1 aromatic heterocycles. The molecule has 0 spiro atoms. The molecule has 0 aromatic carbocycles. The first-order valence-electron chi connectivity index (χ1n) is 11.1. The summed E-state index contributed by atoms with van der Waals surface area (Å²) in [5.74, 6) is 1.02. The lowest BCUT2D eigenvalue weighted by Crippen LogP contribution is -2.48. The minimum absolute atomic E-state index is 0.0187. The van der Waals surface area contributed by atoms with Gasteiger partial charge in [-0.1, -0.05) is 0 Å². The van der Waals surface area contributed by atoms with Gasteiger partial charge in [-0.2, -0.15) is 4.98 Å². The van der Waals surface area contributed by atoms with Gasteiger partial charge in [0.15, 0.2) is 0 Å². The molecule has 0 saturated carbocycles. The molecule has 2 fully saturated rings. The summed E-state index contributed by atoms with van der Waals surface area (Å²) in [6, 6.07) is 0. The third kappa shape index (κ3) is 6.70. The maximum atomic E-state index is 11.6. The molecule has 0 N–H and O–H groups in total. The quantitative estimate of drug-likeness (QED) is 0.279. The molecule has 2 saturated heterocycles. The molecule has 0 radical (unpaired) electrons.